The van der Waals surface area contributed by atoms with Crippen molar-refractivity contribution >= 4 is 16.9 Å². The molecule has 0 bridgehead atoms. The van der Waals surface area contributed by atoms with Gasteiger partial charge in [-0.2, -0.15) is 0 Å². The predicted octanol–water partition coefficient (Wildman–Crippen LogP) is 3.72. The van der Waals surface area contributed by atoms with Crippen LogP contribution in [-0.2, 0) is 13.1 Å². The molecule has 32 heavy (non-hydrogen) atoms. The van der Waals surface area contributed by atoms with Gasteiger partial charge in [0.1, 0.15) is 0 Å². The Morgan fingerprint density at radius 3 is 2.50 bits per heavy atom. The lowest BCUT2D eigenvalue weighted by molar-refractivity contribution is 0.187. The number of likely N-dealkylation sites (tertiary alicyclic amines) is 1. The SMILES string of the molecule is COc1cc2nccc(CN3CCC(NC(=O)NCc4ccccc4)CC3)c2cc1OC. The molecule has 3 aromatic rings. The van der Waals surface area contributed by atoms with Crippen molar-refractivity contribution < 1.29 is 14.3 Å². The Balaban J connectivity index is 1.31. The van der Waals surface area contributed by atoms with Crippen molar-refractivity contribution in [1.82, 2.24) is 20.5 Å². The Hall–Kier alpha value is -3.32. The topological polar surface area (TPSA) is 75.7 Å². The lowest BCUT2D eigenvalue weighted by atomic mass is 10.0. The van der Waals surface area contributed by atoms with E-state index in [1.807, 2.05) is 48.7 Å². The van der Waals surface area contributed by atoms with Crippen LogP contribution < -0.4 is 20.1 Å². The van der Waals surface area contributed by atoms with Crippen LogP contribution in [0.25, 0.3) is 10.9 Å². The van der Waals surface area contributed by atoms with Crippen LogP contribution in [0.4, 0.5) is 4.79 Å². The van der Waals surface area contributed by atoms with E-state index in [-0.39, 0.29) is 12.1 Å². The van der Waals surface area contributed by atoms with Gasteiger partial charge in [-0.1, -0.05) is 30.3 Å². The molecule has 2 N–H and O–H groups in total. The standard InChI is InChI=1S/C25H30N4O3/c1-31-23-14-21-19(8-11-26-22(21)15-24(23)32-2)17-29-12-9-20(10-13-29)28-25(30)27-16-18-6-4-3-5-7-18/h3-8,11,14-15,20H,9-10,12-13,16-17H2,1-2H3,(H2,27,28,30). The van der Waals surface area contributed by atoms with E-state index < -0.39 is 0 Å². The third-order valence-corrected chi connectivity index (χ3v) is 5.95. The first-order valence-electron chi connectivity index (χ1n) is 11.0. The van der Waals surface area contributed by atoms with Crippen LogP contribution in [-0.4, -0.2) is 49.3 Å². The second-order valence-corrected chi connectivity index (χ2v) is 8.06. The van der Waals surface area contributed by atoms with Crippen molar-refractivity contribution in [2.24, 2.45) is 0 Å². The van der Waals surface area contributed by atoms with Crippen molar-refractivity contribution in [1.29, 1.82) is 0 Å². The summed E-state index contributed by atoms with van der Waals surface area (Å²) in [5.41, 5.74) is 3.20. The average Bonchev–Trinajstić information content (AvgIpc) is 2.84. The van der Waals surface area contributed by atoms with Crippen LogP contribution in [0.15, 0.2) is 54.7 Å². The van der Waals surface area contributed by atoms with E-state index >= 15 is 0 Å². The van der Waals surface area contributed by atoms with Crippen molar-refractivity contribution in [3.63, 3.8) is 0 Å². The smallest absolute Gasteiger partial charge is 0.315 e. The highest BCUT2D eigenvalue weighted by Crippen LogP contribution is 2.33. The number of urea groups is 1. The van der Waals surface area contributed by atoms with Gasteiger partial charge < -0.3 is 20.1 Å². The third-order valence-electron chi connectivity index (χ3n) is 5.95. The second kappa shape index (κ2) is 10.3. The molecule has 1 aromatic heterocycles. The van der Waals surface area contributed by atoms with Gasteiger partial charge in [-0.3, -0.25) is 9.88 Å². The molecule has 2 aromatic carbocycles. The maximum Gasteiger partial charge on any atom is 0.315 e. The number of nitrogens with zero attached hydrogens (tertiary/aromatic N) is 2. The number of benzene rings is 2. The Kier molecular flexibility index (Phi) is 7.07. The summed E-state index contributed by atoms with van der Waals surface area (Å²) >= 11 is 0. The largest absolute Gasteiger partial charge is 0.493 e. The molecule has 0 aliphatic carbocycles. The molecule has 0 unspecified atom stereocenters. The molecular weight excluding hydrogens is 404 g/mol. The molecule has 0 atom stereocenters. The minimum atomic E-state index is -0.103. The first-order chi connectivity index (χ1) is 15.7. The summed E-state index contributed by atoms with van der Waals surface area (Å²) < 4.78 is 10.9. The van der Waals surface area contributed by atoms with Gasteiger partial charge in [0, 0.05) is 49.9 Å². The minimum Gasteiger partial charge on any atom is -0.493 e. The number of nitrogens with one attached hydrogen (secondary N) is 2. The first-order valence-corrected chi connectivity index (χ1v) is 11.0. The molecule has 1 aliphatic heterocycles. The zero-order valence-corrected chi connectivity index (χ0v) is 18.6. The molecular formula is C25H30N4O3. The molecule has 168 valence electrons. The number of fused-ring (bicyclic) bond motifs is 1. The van der Waals surface area contributed by atoms with Crippen LogP contribution >= 0.6 is 0 Å². The predicted molar refractivity (Wildman–Crippen MR) is 125 cm³/mol. The van der Waals surface area contributed by atoms with Crippen molar-refractivity contribution in [2.75, 3.05) is 27.3 Å². The Labute approximate surface area is 188 Å². The number of piperidine rings is 1. The summed E-state index contributed by atoms with van der Waals surface area (Å²) in [6.07, 6.45) is 3.70. The Morgan fingerprint density at radius 2 is 1.78 bits per heavy atom. The fraction of sp³-hybridized carbons (Fsp3) is 0.360. The summed E-state index contributed by atoms with van der Waals surface area (Å²) in [6, 6.07) is 16.0. The quantitative estimate of drug-likeness (QED) is 0.593. The fourth-order valence-corrected chi connectivity index (χ4v) is 4.16. The van der Waals surface area contributed by atoms with Crippen molar-refractivity contribution in [3.8, 4) is 11.5 Å². The second-order valence-electron chi connectivity index (χ2n) is 8.06. The zero-order chi connectivity index (χ0) is 22.3. The van der Waals surface area contributed by atoms with E-state index in [4.69, 9.17) is 9.47 Å². The molecule has 4 rings (SSSR count). The van der Waals surface area contributed by atoms with Crippen molar-refractivity contribution in [3.05, 3.63) is 65.9 Å². The molecule has 0 saturated carbocycles. The van der Waals surface area contributed by atoms with Gasteiger partial charge in [0.05, 0.1) is 19.7 Å². The fourth-order valence-electron chi connectivity index (χ4n) is 4.16. The van der Waals surface area contributed by atoms with E-state index in [1.54, 1.807) is 14.2 Å². The number of carbonyl (C=O) groups excluding carboxylic acids is 1. The summed E-state index contributed by atoms with van der Waals surface area (Å²) in [7, 11) is 3.28. The maximum atomic E-state index is 12.3. The molecule has 7 heteroatoms. The minimum absolute atomic E-state index is 0.103. The average molecular weight is 435 g/mol. The highest BCUT2D eigenvalue weighted by atomic mass is 16.5. The van der Waals surface area contributed by atoms with Crippen molar-refractivity contribution in [2.45, 2.75) is 32.0 Å². The maximum absolute atomic E-state index is 12.3. The lowest BCUT2D eigenvalue weighted by Gasteiger charge is -2.32. The zero-order valence-electron chi connectivity index (χ0n) is 18.6. The van der Waals surface area contributed by atoms with Gasteiger partial charge in [0.25, 0.3) is 0 Å². The van der Waals surface area contributed by atoms with Crippen LogP contribution in [0.2, 0.25) is 0 Å². The van der Waals surface area contributed by atoms with Crippen LogP contribution in [0.5, 0.6) is 11.5 Å². The number of pyridine rings is 1. The number of ether oxygens (including phenoxy) is 2. The van der Waals surface area contributed by atoms with Gasteiger partial charge in [0.2, 0.25) is 0 Å². The molecule has 7 nitrogen and oxygen atoms in total. The summed E-state index contributed by atoms with van der Waals surface area (Å²) in [6.45, 7) is 3.23. The summed E-state index contributed by atoms with van der Waals surface area (Å²) in [4.78, 5) is 19.2. The first kappa shape index (κ1) is 21.9. The van der Waals surface area contributed by atoms with Gasteiger partial charge in [-0.25, -0.2) is 4.79 Å². The van der Waals surface area contributed by atoms with Gasteiger partial charge >= 0.3 is 6.03 Å². The van der Waals surface area contributed by atoms with Gasteiger partial charge in [-0.15, -0.1) is 0 Å². The Bertz CT molecular complexity index is 1050. The van der Waals surface area contributed by atoms with Gasteiger partial charge in [0.15, 0.2) is 11.5 Å². The van der Waals surface area contributed by atoms with Crippen LogP contribution in [0.1, 0.15) is 24.0 Å². The third kappa shape index (κ3) is 5.29. The molecule has 1 saturated heterocycles. The number of amides is 2. The highest BCUT2D eigenvalue weighted by molar-refractivity contribution is 5.85. The summed E-state index contributed by atoms with van der Waals surface area (Å²) in [5, 5.41) is 7.13. The van der Waals surface area contributed by atoms with Gasteiger partial charge in [-0.05, 0) is 36.1 Å². The highest BCUT2D eigenvalue weighted by Gasteiger charge is 2.21. The summed E-state index contributed by atoms with van der Waals surface area (Å²) in [5.74, 6) is 1.39. The Morgan fingerprint density at radius 1 is 1.06 bits per heavy atom. The van der Waals surface area contributed by atoms with E-state index in [2.05, 4.69) is 26.6 Å². The number of aromatic nitrogens is 1. The van der Waals surface area contributed by atoms with Crippen LogP contribution in [0.3, 0.4) is 0 Å². The molecule has 2 heterocycles. The molecule has 0 radical (unpaired) electrons. The number of hydrogen-bond acceptors (Lipinski definition) is 5. The number of carbonyl (C=O) groups is 1. The number of methoxy groups -OCH3 is 2. The van der Waals surface area contributed by atoms with E-state index in [0.717, 1.165) is 48.9 Å². The lowest BCUT2D eigenvalue weighted by Crippen LogP contribution is -2.47. The molecule has 0 spiro atoms. The normalized spacial score (nSPS) is 14.8. The molecule has 2 amide bonds. The van der Waals surface area contributed by atoms with Crippen LogP contribution in [0, 0.1) is 0 Å². The van der Waals surface area contributed by atoms with E-state index in [1.165, 1.54) is 5.56 Å². The van der Waals surface area contributed by atoms with E-state index in [0.29, 0.717) is 18.0 Å². The number of rotatable bonds is 7. The molecule has 1 fully saturated rings. The van der Waals surface area contributed by atoms with E-state index in [9.17, 15) is 4.79 Å². The number of hydrogen-bond donors (Lipinski definition) is 2. The molecule has 1 aliphatic rings. The monoisotopic (exact) mass is 434 g/mol.